The molecule has 0 radical (unpaired) electrons. The van der Waals surface area contributed by atoms with Crippen LogP contribution in [0.25, 0.3) is 0 Å². The molecule has 1 N–H and O–H groups in total. The molecule has 1 atom stereocenters. The predicted octanol–water partition coefficient (Wildman–Crippen LogP) is 2.34. The Hall–Kier alpha value is -1.31. The molecule has 1 aromatic rings. The van der Waals surface area contributed by atoms with Gasteiger partial charge in [-0.05, 0) is 24.6 Å². The van der Waals surface area contributed by atoms with E-state index in [-0.39, 0.29) is 0 Å². The molecule has 24 heavy (non-hydrogen) atoms. The van der Waals surface area contributed by atoms with Crippen LogP contribution >= 0.6 is 0 Å². The maximum atomic E-state index is 13.1. The van der Waals surface area contributed by atoms with Gasteiger partial charge >= 0.3 is 6.18 Å². The number of hydrogen-bond acceptors (Lipinski definition) is 4. The Kier molecular flexibility index (Phi) is 5.32. The van der Waals surface area contributed by atoms with Gasteiger partial charge in [0.05, 0.1) is 18.8 Å². The fraction of sp³-hybridized carbons (Fsp3) is 0.647. The van der Waals surface area contributed by atoms with Crippen molar-refractivity contribution in [2.45, 2.75) is 25.7 Å². The molecule has 0 amide bonds. The Bertz CT molecular complexity index is 559. The van der Waals surface area contributed by atoms with Crippen molar-refractivity contribution in [1.82, 2.24) is 10.2 Å². The highest BCUT2D eigenvalue weighted by Crippen LogP contribution is 2.34. The first-order valence-corrected chi connectivity index (χ1v) is 8.42. The number of rotatable bonds is 3. The van der Waals surface area contributed by atoms with Crippen LogP contribution in [0.1, 0.15) is 18.1 Å². The highest BCUT2D eigenvalue weighted by Gasteiger charge is 2.32. The van der Waals surface area contributed by atoms with E-state index in [4.69, 9.17) is 4.74 Å². The molecule has 0 aliphatic carbocycles. The number of hydrogen-bond donors (Lipinski definition) is 1. The van der Waals surface area contributed by atoms with Crippen LogP contribution in [0.2, 0.25) is 0 Å². The largest absolute Gasteiger partial charge is 0.416 e. The summed E-state index contributed by atoms with van der Waals surface area (Å²) in [7, 11) is 0. The molecule has 2 saturated heterocycles. The van der Waals surface area contributed by atoms with E-state index in [0.717, 1.165) is 25.2 Å². The quantitative estimate of drug-likeness (QED) is 0.912. The fourth-order valence-electron chi connectivity index (χ4n) is 3.37. The number of piperazine rings is 1. The Labute approximate surface area is 140 Å². The lowest BCUT2D eigenvalue weighted by molar-refractivity contribution is -0.137. The van der Waals surface area contributed by atoms with Gasteiger partial charge in [0.25, 0.3) is 0 Å². The number of halogens is 3. The summed E-state index contributed by atoms with van der Waals surface area (Å²) in [6.07, 6.45) is -4.32. The third kappa shape index (κ3) is 4.20. The lowest BCUT2D eigenvalue weighted by Gasteiger charge is -2.35. The number of ether oxygens (including phenoxy) is 1. The van der Waals surface area contributed by atoms with Gasteiger partial charge in [0.15, 0.2) is 0 Å². The standard InChI is InChI=1S/C17H24F3N3O/c1-13-11-22(5-4-21-13)12-14-2-3-15(17(18,19)20)10-16(14)23-6-8-24-9-7-23/h2-3,10,13,21H,4-9,11-12H2,1H3/t13-/m0/s1. The molecule has 0 saturated carbocycles. The number of anilines is 1. The summed E-state index contributed by atoms with van der Waals surface area (Å²) in [5, 5.41) is 3.39. The van der Waals surface area contributed by atoms with E-state index < -0.39 is 11.7 Å². The third-order valence-electron chi connectivity index (χ3n) is 4.61. The molecule has 2 aliphatic rings. The zero-order valence-corrected chi connectivity index (χ0v) is 13.9. The van der Waals surface area contributed by atoms with Crippen molar-refractivity contribution in [3.63, 3.8) is 0 Å². The van der Waals surface area contributed by atoms with Gasteiger partial charge in [0.1, 0.15) is 0 Å². The van der Waals surface area contributed by atoms with Crippen molar-refractivity contribution in [3.05, 3.63) is 29.3 Å². The molecule has 0 spiro atoms. The lowest BCUT2D eigenvalue weighted by Crippen LogP contribution is -2.48. The van der Waals surface area contributed by atoms with E-state index in [1.165, 1.54) is 12.1 Å². The van der Waals surface area contributed by atoms with Gasteiger partial charge in [-0.2, -0.15) is 13.2 Å². The van der Waals surface area contributed by atoms with Crippen molar-refractivity contribution < 1.29 is 17.9 Å². The Morgan fingerprint density at radius 1 is 1.21 bits per heavy atom. The zero-order valence-electron chi connectivity index (χ0n) is 13.9. The first-order valence-electron chi connectivity index (χ1n) is 8.42. The number of nitrogens with one attached hydrogen (secondary N) is 1. The van der Waals surface area contributed by atoms with Crippen LogP contribution in [0.5, 0.6) is 0 Å². The summed E-state index contributed by atoms with van der Waals surface area (Å²) in [4.78, 5) is 4.31. The van der Waals surface area contributed by atoms with Crippen LogP contribution in [0.15, 0.2) is 18.2 Å². The van der Waals surface area contributed by atoms with E-state index in [9.17, 15) is 13.2 Å². The molecule has 4 nitrogen and oxygen atoms in total. The molecule has 0 aromatic heterocycles. The molecule has 7 heteroatoms. The second-order valence-electron chi connectivity index (χ2n) is 6.53. The average Bonchev–Trinajstić information content (AvgIpc) is 2.55. The first-order chi connectivity index (χ1) is 11.4. The zero-order chi connectivity index (χ0) is 17.2. The van der Waals surface area contributed by atoms with Crippen LogP contribution in [-0.4, -0.2) is 56.9 Å². The highest BCUT2D eigenvalue weighted by atomic mass is 19.4. The summed E-state index contributed by atoms with van der Waals surface area (Å²) in [5.41, 5.74) is 1.07. The second kappa shape index (κ2) is 7.29. The normalized spacial score (nSPS) is 23.5. The average molecular weight is 343 g/mol. The topological polar surface area (TPSA) is 27.7 Å². The second-order valence-corrected chi connectivity index (χ2v) is 6.53. The number of benzene rings is 1. The fourth-order valence-corrected chi connectivity index (χ4v) is 3.37. The summed E-state index contributed by atoms with van der Waals surface area (Å²) < 4.78 is 44.7. The van der Waals surface area contributed by atoms with Crippen LogP contribution in [-0.2, 0) is 17.5 Å². The SMILES string of the molecule is C[C@H]1CN(Cc2ccc(C(F)(F)F)cc2N2CCOCC2)CCN1. The first kappa shape index (κ1) is 17.5. The molecular weight excluding hydrogens is 319 g/mol. The van der Waals surface area contributed by atoms with Crippen molar-refractivity contribution in [1.29, 1.82) is 0 Å². The molecular formula is C17H24F3N3O. The molecule has 0 bridgehead atoms. The minimum Gasteiger partial charge on any atom is -0.378 e. The van der Waals surface area contributed by atoms with Gasteiger partial charge in [0.2, 0.25) is 0 Å². The van der Waals surface area contributed by atoms with E-state index in [1.54, 1.807) is 6.07 Å². The van der Waals surface area contributed by atoms with Gasteiger partial charge in [-0.1, -0.05) is 6.07 Å². The van der Waals surface area contributed by atoms with Crippen LogP contribution in [0, 0.1) is 0 Å². The Morgan fingerprint density at radius 3 is 2.62 bits per heavy atom. The monoisotopic (exact) mass is 343 g/mol. The number of alkyl halides is 3. The van der Waals surface area contributed by atoms with Gasteiger partial charge in [-0.25, -0.2) is 0 Å². The summed E-state index contributed by atoms with van der Waals surface area (Å²) >= 11 is 0. The van der Waals surface area contributed by atoms with E-state index in [0.29, 0.717) is 44.6 Å². The minimum atomic E-state index is -4.32. The molecule has 134 valence electrons. The molecule has 1 aromatic carbocycles. The van der Waals surface area contributed by atoms with Crippen LogP contribution in [0.3, 0.4) is 0 Å². The molecule has 2 aliphatic heterocycles. The predicted molar refractivity (Wildman–Crippen MR) is 87.2 cm³/mol. The molecule has 2 fully saturated rings. The van der Waals surface area contributed by atoms with Gasteiger partial charge in [0, 0.05) is 51.0 Å². The van der Waals surface area contributed by atoms with Gasteiger partial charge in [-0.3, -0.25) is 4.90 Å². The van der Waals surface area contributed by atoms with Crippen LogP contribution < -0.4 is 10.2 Å². The van der Waals surface area contributed by atoms with Crippen molar-refractivity contribution in [3.8, 4) is 0 Å². The smallest absolute Gasteiger partial charge is 0.378 e. The molecule has 3 rings (SSSR count). The molecule has 2 heterocycles. The van der Waals surface area contributed by atoms with E-state index in [2.05, 4.69) is 17.1 Å². The Balaban J connectivity index is 1.85. The van der Waals surface area contributed by atoms with Crippen molar-refractivity contribution in [2.75, 3.05) is 50.8 Å². The van der Waals surface area contributed by atoms with E-state index >= 15 is 0 Å². The van der Waals surface area contributed by atoms with Crippen molar-refractivity contribution >= 4 is 5.69 Å². The van der Waals surface area contributed by atoms with Gasteiger partial charge < -0.3 is 15.0 Å². The summed E-state index contributed by atoms with van der Waals surface area (Å²) in [6.45, 7) is 7.91. The third-order valence-corrected chi connectivity index (χ3v) is 4.61. The summed E-state index contributed by atoms with van der Waals surface area (Å²) in [5.74, 6) is 0. The molecule has 0 unspecified atom stereocenters. The van der Waals surface area contributed by atoms with E-state index in [1.807, 2.05) is 4.90 Å². The lowest BCUT2D eigenvalue weighted by atomic mass is 10.1. The number of nitrogens with zero attached hydrogens (tertiary/aromatic N) is 2. The maximum Gasteiger partial charge on any atom is 0.416 e. The highest BCUT2D eigenvalue weighted by molar-refractivity contribution is 5.56. The summed E-state index contributed by atoms with van der Waals surface area (Å²) in [6, 6.07) is 4.54. The number of morpholine rings is 1. The van der Waals surface area contributed by atoms with Gasteiger partial charge in [-0.15, -0.1) is 0 Å². The minimum absolute atomic E-state index is 0.403. The van der Waals surface area contributed by atoms with Crippen LogP contribution in [0.4, 0.5) is 18.9 Å². The van der Waals surface area contributed by atoms with Crippen molar-refractivity contribution in [2.24, 2.45) is 0 Å². The maximum absolute atomic E-state index is 13.1. The Morgan fingerprint density at radius 2 is 1.96 bits per heavy atom.